The van der Waals surface area contributed by atoms with Crippen molar-refractivity contribution in [3.05, 3.63) is 0 Å². The summed E-state index contributed by atoms with van der Waals surface area (Å²) < 4.78 is 0. The number of carbonyl (C=O) groups is 3. The first-order valence-electron chi connectivity index (χ1n) is 5.49. The van der Waals surface area contributed by atoms with Gasteiger partial charge in [-0.1, -0.05) is 0 Å². The summed E-state index contributed by atoms with van der Waals surface area (Å²) in [5.74, 6) is -1.80. The van der Waals surface area contributed by atoms with Crippen molar-refractivity contribution in [3.63, 3.8) is 0 Å². The van der Waals surface area contributed by atoms with Gasteiger partial charge in [0, 0.05) is 13.1 Å². The highest BCUT2D eigenvalue weighted by atomic mass is 16.4. The molecule has 0 aromatic rings. The van der Waals surface area contributed by atoms with Crippen LogP contribution in [0.5, 0.6) is 0 Å². The van der Waals surface area contributed by atoms with Crippen LogP contribution < -0.4 is 11.1 Å². The van der Waals surface area contributed by atoms with Gasteiger partial charge in [0.25, 0.3) is 0 Å². The molecule has 0 aromatic carbocycles. The maximum Gasteiger partial charge on any atom is 0.325 e. The standard InChI is InChI=1S/C10H17N3O4/c1-6(9(15)16)12-8(14)7-3-2-4-13(5-7)10(11)17/h6-7H,2-5H2,1H3,(H2,11,17)(H,12,14)(H,15,16). The predicted molar refractivity (Wildman–Crippen MR) is 59.1 cm³/mol. The van der Waals surface area contributed by atoms with Gasteiger partial charge in [-0.05, 0) is 19.8 Å². The lowest BCUT2D eigenvalue weighted by Crippen LogP contribution is -2.49. The highest BCUT2D eigenvalue weighted by molar-refractivity contribution is 5.85. The zero-order valence-corrected chi connectivity index (χ0v) is 9.68. The van der Waals surface area contributed by atoms with Gasteiger partial charge in [0.2, 0.25) is 5.91 Å². The van der Waals surface area contributed by atoms with Crippen molar-refractivity contribution in [3.8, 4) is 0 Å². The van der Waals surface area contributed by atoms with Gasteiger partial charge in [0.15, 0.2) is 0 Å². The Morgan fingerprint density at radius 1 is 1.47 bits per heavy atom. The van der Waals surface area contributed by atoms with Crippen LogP contribution >= 0.6 is 0 Å². The first kappa shape index (κ1) is 13.3. The predicted octanol–water partition coefficient (Wildman–Crippen LogP) is -0.634. The number of aliphatic carboxylic acids is 1. The molecule has 1 saturated heterocycles. The van der Waals surface area contributed by atoms with Gasteiger partial charge in [-0.2, -0.15) is 0 Å². The fourth-order valence-electron chi connectivity index (χ4n) is 1.78. The fraction of sp³-hybridized carbons (Fsp3) is 0.700. The van der Waals surface area contributed by atoms with E-state index in [0.29, 0.717) is 19.4 Å². The number of hydrogen-bond donors (Lipinski definition) is 3. The van der Waals surface area contributed by atoms with E-state index in [1.165, 1.54) is 11.8 Å². The summed E-state index contributed by atoms with van der Waals surface area (Å²) in [6, 6.07) is -1.47. The molecule has 1 aliphatic rings. The average Bonchev–Trinajstić information content (AvgIpc) is 2.28. The number of carboxylic acids is 1. The number of primary amides is 1. The van der Waals surface area contributed by atoms with Crippen LogP contribution in [0.3, 0.4) is 0 Å². The molecular weight excluding hydrogens is 226 g/mol. The third kappa shape index (κ3) is 3.61. The lowest BCUT2D eigenvalue weighted by molar-refractivity contribution is -0.142. The lowest BCUT2D eigenvalue weighted by Gasteiger charge is -2.31. The maximum absolute atomic E-state index is 11.7. The van der Waals surface area contributed by atoms with Crippen LogP contribution in [0.25, 0.3) is 0 Å². The molecule has 17 heavy (non-hydrogen) atoms. The topological polar surface area (TPSA) is 113 Å². The molecule has 0 bridgehead atoms. The highest BCUT2D eigenvalue weighted by Crippen LogP contribution is 2.16. The molecule has 0 aromatic heterocycles. The van der Waals surface area contributed by atoms with E-state index in [9.17, 15) is 14.4 Å². The zero-order chi connectivity index (χ0) is 13.0. The summed E-state index contributed by atoms with van der Waals surface area (Å²) in [4.78, 5) is 34.7. The molecule has 0 spiro atoms. The van der Waals surface area contributed by atoms with Crippen LogP contribution in [0.4, 0.5) is 4.79 Å². The van der Waals surface area contributed by atoms with Crippen molar-refractivity contribution in [2.45, 2.75) is 25.8 Å². The van der Waals surface area contributed by atoms with Crippen LogP contribution in [0.15, 0.2) is 0 Å². The molecular formula is C10H17N3O4. The molecule has 7 nitrogen and oxygen atoms in total. The molecule has 1 fully saturated rings. The Labute approximate surface area is 98.9 Å². The Bertz CT molecular complexity index is 332. The van der Waals surface area contributed by atoms with Crippen molar-refractivity contribution in [2.75, 3.05) is 13.1 Å². The summed E-state index contributed by atoms with van der Waals surface area (Å²) in [5, 5.41) is 11.1. The van der Waals surface area contributed by atoms with Crippen molar-refractivity contribution in [1.82, 2.24) is 10.2 Å². The van der Waals surface area contributed by atoms with Gasteiger partial charge in [0.05, 0.1) is 5.92 Å². The van der Waals surface area contributed by atoms with Crippen LogP contribution in [0, 0.1) is 5.92 Å². The molecule has 0 aliphatic carbocycles. The quantitative estimate of drug-likeness (QED) is 0.612. The number of piperidine rings is 1. The number of likely N-dealkylation sites (tertiary alicyclic amines) is 1. The third-order valence-corrected chi connectivity index (χ3v) is 2.83. The normalized spacial score (nSPS) is 21.7. The number of rotatable bonds is 3. The van der Waals surface area contributed by atoms with Gasteiger partial charge in [-0.3, -0.25) is 9.59 Å². The van der Waals surface area contributed by atoms with E-state index in [-0.39, 0.29) is 18.4 Å². The molecule has 96 valence electrons. The number of nitrogens with one attached hydrogen (secondary N) is 1. The molecule has 1 rings (SSSR count). The Balaban J connectivity index is 2.52. The van der Waals surface area contributed by atoms with Crippen molar-refractivity contribution in [2.24, 2.45) is 11.7 Å². The summed E-state index contributed by atoms with van der Waals surface area (Å²) in [7, 11) is 0. The summed E-state index contributed by atoms with van der Waals surface area (Å²) in [6.45, 7) is 2.20. The number of urea groups is 1. The van der Waals surface area contributed by atoms with Gasteiger partial charge >= 0.3 is 12.0 Å². The molecule has 0 radical (unpaired) electrons. The Kier molecular flexibility index (Phi) is 4.30. The monoisotopic (exact) mass is 243 g/mol. The van der Waals surface area contributed by atoms with E-state index < -0.39 is 18.0 Å². The minimum Gasteiger partial charge on any atom is -0.480 e. The molecule has 4 N–H and O–H groups in total. The summed E-state index contributed by atoms with van der Waals surface area (Å²) >= 11 is 0. The largest absolute Gasteiger partial charge is 0.480 e. The highest BCUT2D eigenvalue weighted by Gasteiger charge is 2.28. The van der Waals surface area contributed by atoms with E-state index in [2.05, 4.69) is 5.32 Å². The van der Waals surface area contributed by atoms with Crippen LogP contribution in [0.1, 0.15) is 19.8 Å². The minimum absolute atomic E-state index is 0.257. The Hall–Kier alpha value is -1.79. The lowest BCUT2D eigenvalue weighted by atomic mass is 9.97. The molecule has 7 heteroatoms. The van der Waals surface area contributed by atoms with E-state index >= 15 is 0 Å². The SMILES string of the molecule is CC(NC(=O)C1CCCN(C(N)=O)C1)C(=O)O. The van der Waals surface area contributed by atoms with E-state index in [1.54, 1.807) is 0 Å². The third-order valence-electron chi connectivity index (χ3n) is 2.83. The number of carboxylic acid groups (broad SMARTS) is 1. The summed E-state index contributed by atoms with van der Waals surface area (Å²) in [6.07, 6.45) is 1.34. The first-order valence-corrected chi connectivity index (χ1v) is 5.49. The van der Waals surface area contributed by atoms with Crippen LogP contribution in [0.2, 0.25) is 0 Å². The number of hydrogen-bond acceptors (Lipinski definition) is 3. The van der Waals surface area contributed by atoms with Gasteiger partial charge in [0.1, 0.15) is 6.04 Å². The van der Waals surface area contributed by atoms with Crippen LogP contribution in [-0.2, 0) is 9.59 Å². The number of nitrogens with two attached hydrogens (primary N) is 1. The second-order valence-electron chi connectivity index (χ2n) is 4.19. The second kappa shape index (κ2) is 5.51. The minimum atomic E-state index is -1.08. The Morgan fingerprint density at radius 2 is 2.12 bits per heavy atom. The maximum atomic E-state index is 11.7. The summed E-state index contributed by atoms with van der Waals surface area (Å²) in [5.41, 5.74) is 5.14. The van der Waals surface area contributed by atoms with Gasteiger partial charge < -0.3 is 21.1 Å². The van der Waals surface area contributed by atoms with Crippen molar-refractivity contribution >= 4 is 17.9 Å². The van der Waals surface area contributed by atoms with E-state index in [0.717, 1.165) is 0 Å². The van der Waals surface area contributed by atoms with Crippen molar-refractivity contribution in [1.29, 1.82) is 0 Å². The molecule has 1 heterocycles. The van der Waals surface area contributed by atoms with Crippen LogP contribution in [-0.4, -0.2) is 47.0 Å². The molecule has 1 aliphatic heterocycles. The first-order chi connectivity index (χ1) is 7.91. The van der Waals surface area contributed by atoms with Crippen molar-refractivity contribution < 1.29 is 19.5 Å². The van der Waals surface area contributed by atoms with E-state index in [1.807, 2.05) is 0 Å². The molecule has 2 atom stereocenters. The zero-order valence-electron chi connectivity index (χ0n) is 9.68. The molecule has 2 unspecified atom stereocenters. The number of carbonyl (C=O) groups excluding carboxylic acids is 2. The second-order valence-corrected chi connectivity index (χ2v) is 4.19. The average molecular weight is 243 g/mol. The molecule has 0 saturated carbocycles. The molecule has 3 amide bonds. The fourth-order valence-corrected chi connectivity index (χ4v) is 1.78. The van der Waals surface area contributed by atoms with Gasteiger partial charge in [-0.25, -0.2) is 4.79 Å². The smallest absolute Gasteiger partial charge is 0.325 e. The Morgan fingerprint density at radius 3 is 2.65 bits per heavy atom. The van der Waals surface area contributed by atoms with E-state index in [4.69, 9.17) is 10.8 Å². The number of nitrogens with zero attached hydrogens (tertiary/aromatic N) is 1. The number of amides is 3. The van der Waals surface area contributed by atoms with Gasteiger partial charge in [-0.15, -0.1) is 0 Å².